The van der Waals surface area contributed by atoms with Gasteiger partial charge in [-0.2, -0.15) is 0 Å². The molecular formula is C18H21NOS. The van der Waals surface area contributed by atoms with Gasteiger partial charge in [0.05, 0.1) is 6.10 Å². The number of aryl methyl sites for hydroxylation is 1. The summed E-state index contributed by atoms with van der Waals surface area (Å²) in [6.45, 7) is 2.11. The van der Waals surface area contributed by atoms with Crippen LogP contribution in [0.25, 0.3) is 0 Å². The van der Waals surface area contributed by atoms with Crippen LogP contribution in [-0.4, -0.2) is 11.9 Å². The summed E-state index contributed by atoms with van der Waals surface area (Å²) in [5.74, 6) is 1.82. The van der Waals surface area contributed by atoms with Crippen LogP contribution in [0.2, 0.25) is 0 Å². The maximum atomic E-state index is 6.32. The molecule has 1 aliphatic carbocycles. The van der Waals surface area contributed by atoms with Crippen molar-refractivity contribution in [3.8, 4) is 5.75 Å². The van der Waals surface area contributed by atoms with E-state index in [9.17, 15) is 0 Å². The molecule has 1 saturated carbocycles. The topological polar surface area (TPSA) is 35.2 Å². The molecule has 0 radical (unpaired) electrons. The van der Waals surface area contributed by atoms with Crippen LogP contribution in [-0.2, 0) is 0 Å². The average Bonchev–Trinajstić information content (AvgIpc) is 3.29. The molecule has 0 aliphatic heterocycles. The third-order valence-electron chi connectivity index (χ3n) is 3.53. The quantitative estimate of drug-likeness (QED) is 0.806. The Kier molecular flexibility index (Phi) is 4.51. The number of ether oxygens (including phenoxy) is 1. The molecule has 1 fully saturated rings. The van der Waals surface area contributed by atoms with E-state index in [2.05, 4.69) is 43.3 Å². The molecule has 110 valence electrons. The van der Waals surface area contributed by atoms with Gasteiger partial charge in [0.2, 0.25) is 0 Å². The first-order valence-corrected chi connectivity index (χ1v) is 8.41. The van der Waals surface area contributed by atoms with Crippen LogP contribution in [0.3, 0.4) is 0 Å². The lowest BCUT2D eigenvalue weighted by molar-refractivity contribution is 0.303. The van der Waals surface area contributed by atoms with Gasteiger partial charge in [0, 0.05) is 16.7 Å². The summed E-state index contributed by atoms with van der Waals surface area (Å²) in [6.07, 6.45) is 2.79. The second-order valence-electron chi connectivity index (χ2n) is 5.62. The molecule has 0 amide bonds. The lowest BCUT2D eigenvalue weighted by Gasteiger charge is -2.13. The van der Waals surface area contributed by atoms with Gasteiger partial charge in [0.15, 0.2) is 0 Å². The number of thioether (sulfide) groups is 1. The molecule has 3 heteroatoms. The fourth-order valence-corrected chi connectivity index (χ4v) is 3.19. The van der Waals surface area contributed by atoms with E-state index in [4.69, 9.17) is 10.5 Å². The van der Waals surface area contributed by atoms with E-state index in [1.165, 1.54) is 23.3 Å². The predicted molar refractivity (Wildman–Crippen MR) is 88.9 cm³/mol. The molecule has 0 spiro atoms. The van der Waals surface area contributed by atoms with Crippen molar-refractivity contribution in [3.63, 3.8) is 0 Å². The molecule has 0 saturated heterocycles. The SMILES string of the molecule is Cc1cccc(SCC(N)c2cccc(OC3CC3)c2)c1. The van der Waals surface area contributed by atoms with Crippen LogP contribution in [0.1, 0.15) is 30.0 Å². The number of nitrogens with two attached hydrogens (primary N) is 1. The highest BCUT2D eigenvalue weighted by atomic mass is 32.2. The molecule has 2 aromatic rings. The number of benzene rings is 2. The Morgan fingerprint density at radius 3 is 2.76 bits per heavy atom. The largest absolute Gasteiger partial charge is 0.490 e. The summed E-state index contributed by atoms with van der Waals surface area (Å²) >= 11 is 1.80. The van der Waals surface area contributed by atoms with Gasteiger partial charge < -0.3 is 10.5 Å². The smallest absolute Gasteiger partial charge is 0.120 e. The number of hydrogen-bond acceptors (Lipinski definition) is 3. The zero-order chi connectivity index (χ0) is 14.7. The summed E-state index contributed by atoms with van der Waals surface area (Å²) in [5.41, 5.74) is 8.75. The van der Waals surface area contributed by atoms with Gasteiger partial charge in [-0.05, 0) is 49.6 Å². The van der Waals surface area contributed by atoms with Crippen molar-refractivity contribution in [3.05, 3.63) is 59.7 Å². The fraction of sp³-hybridized carbons (Fsp3) is 0.333. The minimum Gasteiger partial charge on any atom is -0.490 e. The van der Waals surface area contributed by atoms with Gasteiger partial charge in [0.25, 0.3) is 0 Å². The van der Waals surface area contributed by atoms with Crippen LogP contribution in [0, 0.1) is 6.92 Å². The lowest BCUT2D eigenvalue weighted by atomic mass is 10.1. The van der Waals surface area contributed by atoms with Crippen LogP contribution in [0.15, 0.2) is 53.4 Å². The van der Waals surface area contributed by atoms with Gasteiger partial charge in [-0.15, -0.1) is 11.8 Å². The molecule has 0 bridgehead atoms. The highest BCUT2D eigenvalue weighted by Crippen LogP contribution is 2.29. The van der Waals surface area contributed by atoms with Gasteiger partial charge in [0.1, 0.15) is 5.75 Å². The van der Waals surface area contributed by atoms with Crippen molar-refractivity contribution < 1.29 is 4.74 Å². The van der Waals surface area contributed by atoms with Crippen LogP contribution in [0.4, 0.5) is 0 Å². The third-order valence-corrected chi connectivity index (χ3v) is 4.65. The van der Waals surface area contributed by atoms with Crippen LogP contribution in [0.5, 0.6) is 5.75 Å². The maximum Gasteiger partial charge on any atom is 0.120 e. The average molecular weight is 299 g/mol. The van der Waals surface area contributed by atoms with Crippen molar-refractivity contribution >= 4 is 11.8 Å². The van der Waals surface area contributed by atoms with Gasteiger partial charge in [-0.3, -0.25) is 0 Å². The van der Waals surface area contributed by atoms with Crippen molar-refractivity contribution in [1.29, 1.82) is 0 Å². The highest BCUT2D eigenvalue weighted by molar-refractivity contribution is 7.99. The summed E-state index contributed by atoms with van der Waals surface area (Å²) in [7, 11) is 0. The number of hydrogen-bond donors (Lipinski definition) is 1. The van der Waals surface area contributed by atoms with E-state index in [1.807, 2.05) is 12.1 Å². The summed E-state index contributed by atoms with van der Waals surface area (Å²) in [5, 5.41) is 0. The van der Waals surface area contributed by atoms with Crippen molar-refractivity contribution in [2.24, 2.45) is 5.73 Å². The summed E-state index contributed by atoms with van der Waals surface area (Å²) in [4.78, 5) is 1.27. The zero-order valence-electron chi connectivity index (χ0n) is 12.3. The van der Waals surface area contributed by atoms with Crippen molar-refractivity contribution in [1.82, 2.24) is 0 Å². The zero-order valence-corrected chi connectivity index (χ0v) is 13.1. The molecule has 2 aromatic carbocycles. The van der Waals surface area contributed by atoms with E-state index in [1.54, 1.807) is 11.8 Å². The highest BCUT2D eigenvalue weighted by Gasteiger charge is 2.23. The minimum absolute atomic E-state index is 0.0262. The Morgan fingerprint density at radius 1 is 1.19 bits per heavy atom. The second-order valence-corrected chi connectivity index (χ2v) is 6.72. The first kappa shape index (κ1) is 14.5. The van der Waals surface area contributed by atoms with Crippen LogP contribution < -0.4 is 10.5 Å². The first-order chi connectivity index (χ1) is 10.2. The molecular weight excluding hydrogens is 278 g/mol. The Labute approximate surface area is 130 Å². The van der Waals surface area contributed by atoms with E-state index in [0.29, 0.717) is 6.10 Å². The molecule has 1 atom stereocenters. The molecule has 2 nitrogen and oxygen atoms in total. The summed E-state index contributed by atoms with van der Waals surface area (Å²) < 4.78 is 5.83. The Bertz CT molecular complexity index is 610. The molecule has 0 aromatic heterocycles. The molecule has 2 N–H and O–H groups in total. The Balaban J connectivity index is 1.60. The second kappa shape index (κ2) is 6.54. The molecule has 1 unspecified atom stereocenters. The third kappa shape index (κ3) is 4.26. The Morgan fingerprint density at radius 2 is 2.00 bits per heavy atom. The fourth-order valence-electron chi connectivity index (χ4n) is 2.18. The normalized spacial score (nSPS) is 15.7. The van der Waals surface area contributed by atoms with Crippen molar-refractivity contribution in [2.45, 2.75) is 36.8 Å². The number of rotatable bonds is 6. The minimum atomic E-state index is 0.0262. The Hall–Kier alpha value is -1.45. The lowest BCUT2D eigenvalue weighted by Crippen LogP contribution is -2.13. The van der Waals surface area contributed by atoms with E-state index < -0.39 is 0 Å². The van der Waals surface area contributed by atoms with Crippen LogP contribution >= 0.6 is 11.8 Å². The molecule has 21 heavy (non-hydrogen) atoms. The summed E-state index contributed by atoms with van der Waals surface area (Å²) in [6, 6.07) is 16.8. The standard InChI is InChI=1S/C18H21NOS/c1-13-4-2-7-17(10-13)21-12-18(19)14-5-3-6-16(11-14)20-15-8-9-15/h2-7,10-11,15,18H,8-9,12,19H2,1H3. The van der Waals surface area contributed by atoms with Gasteiger partial charge in [-0.1, -0.05) is 29.8 Å². The van der Waals surface area contributed by atoms with Crippen molar-refractivity contribution in [2.75, 3.05) is 5.75 Å². The van der Waals surface area contributed by atoms with E-state index in [-0.39, 0.29) is 6.04 Å². The molecule has 1 aliphatic rings. The predicted octanol–water partition coefficient (Wildman–Crippen LogP) is 4.33. The van der Waals surface area contributed by atoms with E-state index in [0.717, 1.165) is 17.1 Å². The molecule has 0 heterocycles. The molecule has 3 rings (SSSR count). The monoisotopic (exact) mass is 299 g/mol. The first-order valence-electron chi connectivity index (χ1n) is 7.42. The maximum absolute atomic E-state index is 6.32. The van der Waals surface area contributed by atoms with Gasteiger partial charge >= 0.3 is 0 Å². The van der Waals surface area contributed by atoms with E-state index >= 15 is 0 Å². The van der Waals surface area contributed by atoms with Gasteiger partial charge in [-0.25, -0.2) is 0 Å².